The molecule has 10 nitrogen and oxygen atoms in total. The Morgan fingerprint density at radius 3 is 2.12 bits per heavy atom. The lowest BCUT2D eigenvalue weighted by atomic mass is 9.90. The molecule has 0 unspecified atom stereocenters. The zero-order chi connectivity index (χ0) is 35.1. The third kappa shape index (κ3) is 9.05. The van der Waals surface area contributed by atoms with Gasteiger partial charge in [0, 0.05) is 17.3 Å². The lowest BCUT2D eigenvalue weighted by molar-refractivity contribution is -0.128. The van der Waals surface area contributed by atoms with Gasteiger partial charge in [-0.1, -0.05) is 91.0 Å². The number of primary amides is 1. The molecule has 4 aromatic carbocycles. The highest BCUT2D eigenvalue weighted by Crippen LogP contribution is 2.25. The molecule has 0 saturated heterocycles. The van der Waals surface area contributed by atoms with E-state index >= 15 is 0 Å². The quantitative estimate of drug-likeness (QED) is 0.135. The molecule has 5 rings (SSSR count). The van der Waals surface area contributed by atoms with Crippen molar-refractivity contribution < 1.29 is 24.3 Å². The molecule has 252 valence electrons. The summed E-state index contributed by atoms with van der Waals surface area (Å²) in [6.07, 6.45) is -1.38. The minimum atomic E-state index is -1.34. The Labute approximate surface area is 285 Å². The molecular weight excluding hydrogens is 618 g/mol. The first-order valence-electron chi connectivity index (χ1n) is 16.2. The number of aliphatic hydroxyl groups excluding tert-OH is 1. The summed E-state index contributed by atoms with van der Waals surface area (Å²) in [6, 6.07) is 28.9. The van der Waals surface area contributed by atoms with Crippen molar-refractivity contribution in [3.8, 4) is 0 Å². The van der Waals surface area contributed by atoms with Gasteiger partial charge in [-0.05, 0) is 61.2 Å². The van der Waals surface area contributed by atoms with Crippen LogP contribution in [0.1, 0.15) is 59.2 Å². The van der Waals surface area contributed by atoms with Crippen LogP contribution in [0.3, 0.4) is 0 Å². The van der Waals surface area contributed by atoms with E-state index in [9.17, 15) is 24.3 Å². The number of rotatable bonds is 12. The molecule has 1 aromatic heterocycles. The summed E-state index contributed by atoms with van der Waals surface area (Å²) in [4.78, 5) is 57.1. The third-order valence-electron chi connectivity index (χ3n) is 8.11. The highest BCUT2D eigenvalue weighted by Gasteiger charge is 2.30. The number of nitrogens with two attached hydrogens (primary N) is 1. The summed E-state index contributed by atoms with van der Waals surface area (Å²) in [5.41, 5.74) is 7.54. The van der Waals surface area contributed by atoms with Crippen molar-refractivity contribution in [2.24, 2.45) is 5.73 Å². The molecule has 0 fully saturated rings. The summed E-state index contributed by atoms with van der Waals surface area (Å²) >= 11 is 0. The van der Waals surface area contributed by atoms with Gasteiger partial charge in [0.15, 0.2) is 0 Å². The maximum absolute atomic E-state index is 13.8. The minimum Gasteiger partial charge on any atom is -0.391 e. The summed E-state index contributed by atoms with van der Waals surface area (Å²) in [7, 11) is 0. The maximum atomic E-state index is 13.8. The van der Waals surface area contributed by atoms with Gasteiger partial charge in [-0.15, -0.1) is 0 Å². The number of fused-ring (bicyclic) bond motifs is 2. The fraction of sp³-hybridized carbons (Fsp3) is 0.256. The molecule has 3 atom stereocenters. The van der Waals surface area contributed by atoms with Crippen molar-refractivity contribution in [2.75, 3.05) is 0 Å². The Balaban J connectivity index is 1.43. The van der Waals surface area contributed by atoms with Crippen LogP contribution >= 0.6 is 0 Å². The summed E-state index contributed by atoms with van der Waals surface area (Å²) in [5, 5.41) is 22.7. The number of pyridine rings is 1. The lowest BCUT2D eigenvalue weighted by Gasteiger charge is -2.28. The molecule has 10 heteroatoms. The monoisotopic (exact) mass is 659 g/mol. The van der Waals surface area contributed by atoms with E-state index in [2.05, 4.69) is 20.9 Å². The number of aromatic nitrogens is 1. The van der Waals surface area contributed by atoms with E-state index < -0.39 is 47.9 Å². The van der Waals surface area contributed by atoms with E-state index in [1.807, 2.05) is 99.6 Å². The second-order valence-electron chi connectivity index (χ2n) is 13.2. The van der Waals surface area contributed by atoms with Gasteiger partial charge in [-0.25, -0.2) is 4.98 Å². The molecule has 49 heavy (non-hydrogen) atoms. The topological polar surface area (TPSA) is 164 Å². The molecule has 0 aliphatic carbocycles. The summed E-state index contributed by atoms with van der Waals surface area (Å²) in [5.74, 6) is -2.42. The summed E-state index contributed by atoms with van der Waals surface area (Å²) < 4.78 is 0. The van der Waals surface area contributed by atoms with Gasteiger partial charge in [0.25, 0.3) is 11.8 Å². The van der Waals surface area contributed by atoms with Gasteiger partial charge in [-0.3, -0.25) is 19.2 Å². The second-order valence-corrected chi connectivity index (χ2v) is 13.2. The molecule has 0 aliphatic rings. The molecule has 0 bridgehead atoms. The fourth-order valence-electron chi connectivity index (χ4n) is 5.80. The van der Waals surface area contributed by atoms with Gasteiger partial charge >= 0.3 is 0 Å². The van der Waals surface area contributed by atoms with E-state index in [0.717, 1.165) is 21.7 Å². The van der Waals surface area contributed by atoms with Gasteiger partial charge in [-0.2, -0.15) is 0 Å². The number of carbonyl (C=O) groups excluding carboxylic acids is 4. The van der Waals surface area contributed by atoms with Crippen LogP contribution in [-0.2, 0) is 22.4 Å². The molecule has 4 amide bonds. The van der Waals surface area contributed by atoms with Gasteiger partial charge in [0.1, 0.15) is 11.7 Å². The average Bonchev–Trinajstić information content (AvgIpc) is 3.06. The zero-order valence-electron chi connectivity index (χ0n) is 27.8. The standard InChI is InChI=1S/C39H41N5O5/c1-39(2,3)44-38(49)35-27(18-17-25-13-7-9-15-28(25)35)22-33(45)31(21-24-11-5-4-6-12-24)42-37(48)32(23-34(40)46)43-36(47)30-20-19-26-14-8-10-16-29(26)41-30/h4-20,31-33,45H,21-23H2,1-3H3,(H2,40,46)(H,42,48)(H,43,47)(H,44,49)/t31-,32-,33+/m0/s1. The number of amides is 4. The Morgan fingerprint density at radius 1 is 0.755 bits per heavy atom. The van der Waals surface area contributed by atoms with Gasteiger partial charge in [0.2, 0.25) is 11.8 Å². The number of benzene rings is 4. The van der Waals surface area contributed by atoms with E-state index in [0.29, 0.717) is 16.6 Å². The van der Waals surface area contributed by atoms with E-state index in [1.165, 1.54) is 6.07 Å². The van der Waals surface area contributed by atoms with Crippen LogP contribution in [0.5, 0.6) is 0 Å². The first kappa shape index (κ1) is 34.7. The Hall–Kier alpha value is -5.61. The van der Waals surface area contributed by atoms with E-state index in [4.69, 9.17) is 5.73 Å². The zero-order valence-corrected chi connectivity index (χ0v) is 27.8. The molecule has 1 heterocycles. The molecule has 0 aliphatic heterocycles. The van der Waals surface area contributed by atoms with Crippen molar-refractivity contribution in [1.82, 2.24) is 20.9 Å². The number of hydrogen-bond donors (Lipinski definition) is 5. The predicted octanol–water partition coefficient (Wildman–Crippen LogP) is 4.22. The Morgan fingerprint density at radius 2 is 1.41 bits per heavy atom. The van der Waals surface area contributed by atoms with Crippen LogP contribution in [0.4, 0.5) is 0 Å². The van der Waals surface area contributed by atoms with Crippen molar-refractivity contribution in [3.63, 3.8) is 0 Å². The molecule has 5 aromatic rings. The minimum absolute atomic E-state index is 0.0311. The Kier molecular flexibility index (Phi) is 10.7. The first-order chi connectivity index (χ1) is 23.4. The number of aliphatic hydroxyl groups is 1. The second kappa shape index (κ2) is 15.1. The molecule has 0 spiro atoms. The van der Waals surface area contributed by atoms with Gasteiger partial charge < -0.3 is 26.8 Å². The molecule has 6 N–H and O–H groups in total. The smallest absolute Gasteiger partial charge is 0.270 e. The molecule has 0 saturated carbocycles. The maximum Gasteiger partial charge on any atom is 0.270 e. The number of nitrogens with one attached hydrogen (secondary N) is 3. The fourth-order valence-corrected chi connectivity index (χ4v) is 5.80. The lowest BCUT2D eigenvalue weighted by Crippen LogP contribution is -2.54. The number of para-hydroxylation sites is 1. The highest BCUT2D eigenvalue weighted by molar-refractivity contribution is 6.08. The van der Waals surface area contributed by atoms with Crippen LogP contribution < -0.4 is 21.7 Å². The van der Waals surface area contributed by atoms with Crippen molar-refractivity contribution in [2.45, 2.75) is 63.8 Å². The van der Waals surface area contributed by atoms with E-state index in [-0.39, 0.29) is 24.4 Å². The molecule has 0 radical (unpaired) electrons. The van der Waals surface area contributed by atoms with E-state index in [1.54, 1.807) is 18.2 Å². The summed E-state index contributed by atoms with van der Waals surface area (Å²) in [6.45, 7) is 5.69. The molecular formula is C39H41N5O5. The van der Waals surface area contributed by atoms with Crippen LogP contribution in [0.25, 0.3) is 21.7 Å². The van der Waals surface area contributed by atoms with Crippen molar-refractivity contribution >= 4 is 45.3 Å². The largest absolute Gasteiger partial charge is 0.391 e. The van der Waals surface area contributed by atoms with Crippen molar-refractivity contribution in [3.05, 3.63) is 126 Å². The predicted molar refractivity (Wildman–Crippen MR) is 190 cm³/mol. The normalized spacial score (nSPS) is 13.3. The van der Waals surface area contributed by atoms with Crippen LogP contribution in [0, 0.1) is 0 Å². The highest BCUT2D eigenvalue weighted by atomic mass is 16.3. The number of nitrogens with zero attached hydrogens (tertiary/aromatic N) is 1. The third-order valence-corrected chi connectivity index (χ3v) is 8.11. The Bertz CT molecular complexity index is 1990. The number of carbonyl (C=O) groups is 4. The first-order valence-corrected chi connectivity index (χ1v) is 16.2. The SMILES string of the molecule is CC(C)(C)NC(=O)c1c(C[C@@H](O)[C@H](Cc2ccccc2)NC(=O)[C@H](CC(N)=O)NC(=O)c2ccc3ccccc3n2)ccc2ccccc12. The van der Waals surface area contributed by atoms with Crippen molar-refractivity contribution in [1.29, 1.82) is 0 Å². The van der Waals surface area contributed by atoms with Gasteiger partial charge in [0.05, 0.1) is 29.6 Å². The van der Waals surface area contributed by atoms with Crippen LogP contribution in [-0.4, -0.2) is 57.4 Å². The van der Waals surface area contributed by atoms with Crippen LogP contribution in [0.2, 0.25) is 0 Å². The van der Waals surface area contributed by atoms with Crippen LogP contribution in [0.15, 0.2) is 103 Å². The number of hydrogen-bond acceptors (Lipinski definition) is 6. The average molecular weight is 660 g/mol.